The molecular weight excluding hydrogens is 158 g/mol. The van der Waals surface area contributed by atoms with Crippen molar-refractivity contribution >= 4 is 11.6 Å². The van der Waals surface area contributed by atoms with Crippen LogP contribution in [0.1, 0.15) is 13.3 Å². The van der Waals surface area contributed by atoms with Crippen LogP contribution in [0.25, 0.3) is 0 Å². The average Bonchev–Trinajstić information content (AvgIpc) is 2.37. The first kappa shape index (κ1) is 9.08. The first-order valence-corrected chi connectivity index (χ1v) is 4.79. The first-order chi connectivity index (χ1) is 5.33. The highest BCUT2D eigenvalue weighted by Gasteiger charge is 2.16. The number of nitrogens with zero attached hydrogens (tertiary/aromatic N) is 1. The first-order valence-electron chi connectivity index (χ1n) is 4.26. The van der Waals surface area contributed by atoms with Gasteiger partial charge < -0.3 is 0 Å². The zero-order chi connectivity index (χ0) is 8.10. The molecule has 1 atom stereocenters. The zero-order valence-corrected chi connectivity index (χ0v) is 7.85. The molecule has 1 nitrogen and oxygen atoms in total. The molecule has 0 aromatic carbocycles. The highest BCUT2D eigenvalue weighted by Crippen LogP contribution is 2.14. The Morgan fingerprint density at radius 1 is 1.55 bits per heavy atom. The van der Waals surface area contributed by atoms with Crippen molar-refractivity contribution in [1.29, 1.82) is 0 Å². The Kier molecular flexibility index (Phi) is 3.95. The number of rotatable bonds is 3. The van der Waals surface area contributed by atoms with E-state index in [2.05, 4.69) is 17.9 Å². The van der Waals surface area contributed by atoms with E-state index in [-0.39, 0.29) is 0 Å². The van der Waals surface area contributed by atoms with Crippen molar-refractivity contribution in [3.8, 4) is 0 Å². The molecule has 0 saturated carbocycles. The molecule has 0 aromatic rings. The van der Waals surface area contributed by atoms with E-state index < -0.39 is 0 Å². The minimum Gasteiger partial charge on any atom is -0.299 e. The van der Waals surface area contributed by atoms with Gasteiger partial charge in [-0.15, -0.1) is 11.6 Å². The largest absolute Gasteiger partial charge is 0.299 e. The minimum absolute atomic E-state index is 0.642. The number of allylic oxidation sites excluding steroid dienone is 1. The Morgan fingerprint density at radius 3 is 2.91 bits per heavy atom. The van der Waals surface area contributed by atoms with Crippen molar-refractivity contribution in [2.75, 3.05) is 25.5 Å². The van der Waals surface area contributed by atoms with E-state index in [1.54, 1.807) is 0 Å². The maximum Gasteiger partial charge on any atom is 0.0404 e. The third-order valence-corrected chi connectivity index (χ3v) is 2.31. The van der Waals surface area contributed by atoms with E-state index >= 15 is 0 Å². The van der Waals surface area contributed by atoms with Gasteiger partial charge in [0.1, 0.15) is 0 Å². The predicted molar refractivity (Wildman–Crippen MR) is 50.1 cm³/mol. The summed E-state index contributed by atoms with van der Waals surface area (Å²) < 4.78 is 0. The molecule has 0 radical (unpaired) electrons. The second kappa shape index (κ2) is 4.78. The van der Waals surface area contributed by atoms with Crippen molar-refractivity contribution < 1.29 is 0 Å². The van der Waals surface area contributed by atoms with Crippen molar-refractivity contribution in [2.24, 2.45) is 5.92 Å². The van der Waals surface area contributed by atoms with E-state index in [4.69, 9.17) is 11.6 Å². The van der Waals surface area contributed by atoms with Crippen LogP contribution in [0.15, 0.2) is 12.2 Å². The summed E-state index contributed by atoms with van der Waals surface area (Å²) in [5.74, 6) is 1.53. The summed E-state index contributed by atoms with van der Waals surface area (Å²) in [5.41, 5.74) is 0. The van der Waals surface area contributed by atoms with Crippen LogP contribution in [-0.2, 0) is 0 Å². The molecule has 2 heteroatoms. The highest BCUT2D eigenvalue weighted by atomic mass is 35.5. The second-order valence-corrected chi connectivity index (χ2v) is 3.59. The van der Waals surface area contributed by atoms with Gasteiger partial charge in [-0.05, 0) is 18.9 Å². The number of hydrogen-bond acceptors (Lipinski definition) is 1. The third-order valence-electron chi connectivity index (χ3n) is 2.13. The lowest BCUT2D eigenvalue weighted by Gasteiger charge is -2.11. The molecule has 1 heterocycles. The smallest absolute Gasteiger partial charge is 0.0404 e. The standard InChI is InChI=1S/C9H16ClN/c1-9-4-7-11(8-9)6-3-2-5-10/h2-3,9H,4-8H2,1H3. The average molecular weight is 174 g/mol. The summed E-state index contributed by atoms with van der Waals surface area (Å²) >= 11 is 5.51. The van der Waals surface area contributed by atoms with Gasteiger partial charge in [0.05, 0.1) is 0 Å². The molecule has 11 heavy (non-hydrogen) atoms. The lowest BCUT2D eigenvalue weighted by molar-refractivity contribution is 0.364. The topological polar surface area (TPSA) is 3.24 Å². The van der Waals surface area contributed by atoms with E-state index in [0.717, 1.165) is 12.5 Å². The lowest BCUT2D eigenvalue weighted by Crippen LogP contribution is -2.19. The van der Waals surface area contributed by atoms with Crippen LogP contribution in [0, 0.1) is 5.92 Å². The van der Waals surface area contributed by atoms with Crippen molar-refractivity contribution in [2.45, 2.75) is 13.3 Å². The van der Waals surface area contributed by atoms with Gasteiger partial charge in [0, 0.05) is 19.0 Å². The molecule has 1 saturated heterocycles. The van der Waals surface area contributed by atoms with Gasteiger partial charge >= 0.3 is 0 Å². The fourth-order valence-electron chi connectivity index (χ4n) is 1.48. The van der Waals surface area contributed by atoms with Gasteiger partial charge in [0.25, 0.3) is 0 Å². The van der Waals surface area contributed by atoms with Crippen LogP contribution in [0.2, 0.25) is 0 Å². The van der Waals surface area contributed by atoms with Crippen molar-refractivity contribution in [3.05, 3.63) is 12.2 Å². The van der Waals surface area contributed by atoms with E-state index in [1.807, 2.05) is 6.08 Å². The van der Waals surface area contributed by atoms with Gasteiger partial charge in [-0.1, -0.05) is 19.1 Å². The van der Waals surface area contributed by atoms with Crippen LogP contribution in [0.5, 0.6) is 0 Å². The van der Waals surface area contributed by atoms with Gasteiger partial charge in [-0.25, -0.2) is 0 Å². The number of hydrogen-bond donors (Lipinski definition) is 0. The molecule has 0 aliphatic carbocycles. The minimum atomic E-state index is 0.642. The second-order valence-electron chi connectivity index (χ2n) is 3.28. The summed E-state index contributed by atoms with van der Waals surface area (Å²) in [5, 5.41) is 0. The predicted octanol–water partition coefficient (Wildman–Crippen LogP) is 2.12. The molecule has 0 amide bonds. The van der Waals surface area contributed by atoms with Gasteiger partial charge in [-0.2, -0.15) is 0 Å². The quantitative estimate of drug-likeness (QED) is 0.467. The SMILES string of the molecule is CC1CCN(CC=CCCl)C1. The summed E-state index contributed by atoms with van der Waals surface area (Å²) in [6.07, 6.45) is 5.53. The number of likely N-dealkylation sites (tertiary alicyclic amines) is 1. The molecule has 0 aromatic heterocycles. The number of alkyl halides is 1. The molecule has 1 fully saturated rings. The van der Waals surface area contributed by atoms with E-state index in [0.29, 0.717) is 5.88 Å². The Morgan fingerprint density at radius 2 is 2.36 bits per heavy atom. The molecule has 0 bridgehead atoms. The van der Waals surface area contributed by atoms with E-state index in [9.17, 15) is 0 Å². The lowest BCUT2D eigenvalue weighted by atomic mass is 10.2. The van der Waals surface area contributed by atoms with Crippen LogP contribution in [0.3, 0.4) is 0 Å². The van der Waals surface area contributed by atoms with Crippen molar-refractivity contribution in [1.82, 2.24) is 4.90 Å². The van der Waals surface area contributed by atoms with Crippen LogP contribution >= 0.6 is 11.6 Å². The summed E-state index contributed by atoms with van der Waals surface area (Å²) in [7, 11) is 0. The molecule has 0 spiro atoms. The van der Waals surface area contributed by atoms with Crippen LogP contribution in [0.4, 0.5) is 0 Å². The van der Waals surface area contributed by atoms with Crippen molar-refractivity contribution in [3.63, 3.8) is 0 Å². The zero-order valence-electron chi connectivity index (χ0n) is 7.09. The fourth-order valence-corrected chi connectivity index (χ4v) is 1.60. The Labute approximate surface area is 74.0 Å². The maximum atomic E-state index is 5.51. The van der Waals surface area contributed by atoms with Gasteiger partial charge in [-0.3, -0.25) is 4.90 Å². The molecule has 1 aliphatic rings. The summed E-state index contributed by atoms with van der Waals surface area (Å²) in [4.78, 5) is 2.47. The molecule has 0 N–H and O–H groups in total. The Bertz CT molecular complexity index is 134. The van der Waals surface area contributed by atoms with Gasteiger partial charge in [0.15, 0.2) is 0 Å². The van der Waals surface area contributed by atoms with Crippen LogP contribution in [-0.4, -0.2) is 30.4 Å². The number of halogens is 1. The molecule has 64 valence electrons. The monoisotopic (exact) mass is 173 g/mol. The Balaban J connectivity index is 2.13. The maximum absolute atomic E-state index is 5.51. The third kappa shape index (κ3) is 3.26. The van der Waals surface area contributed by atoms with Crippen LogP contribution < -0.4 is 0 Å². The molecule has 1 unspecified atom stereocenters. The fraction of sp³-hybridized carbons (Fsp3) is 0.778. The Hall–Kier alpha value is -0.0100. The molecular formula is C9H16ClN. The normalized spacial score (nSPS) is 26.9. The summed E-state index contributed by atoms with van der Waals surface area (Å²) in [6.45, 7) is 5.91. The molecule has 1 rings (SSSR count). The molecule has 1 aliphatic heterocycles. The van der Waals surface area contributed by atoms with E-state index in [1.165, 1.54) is 19.5 Å². The highest BCUT2D eigenvalue weighted by molar-refractivity contribution is 6.18. The summed E-state index contributed by atoms with van der Waals surface area (Å²) in [6, 6.07) is 0. The van der Waals surface area contributed by atoms with Gasteiger partial charge in [0.2, 0.25) is 0 Å².